The average molecular weight is 186 g/mol. The van der Waals surface area contributed by atoms with E-state index in [1.807, 2.05) is 14.0 Å². The van der Waals surface area contributed by atoms with Crippen molar-refractivity contribution in [2.24, 2.45) is 11.1 Å². The van der Waals surface area contributed by atoms with Crippen molar-refractivity contribution in [2.75, 3.05) is 27.2 Å². The van der Waals surface area contributed by atoms with Gasteiger partial charge in [0.1, 0.15) is 0 Å². The molecule has 0 aromatic rings. The summed E-state index contributed by atoms with van der Waals surface area (Å²) < 4.78 is 4.77. The van der Waals surface area contributed by atoms with Crippen molar-refractivity contribution in [3.8, 4) is 0 Å². The van der Waals surface area contributed by atoms with E-state index >= 15 is 0 Å². The van der Waals surface area contributed by atoms with Gasteiger partial charge < -0.3 is 15.4 Å². The Hall–Kier alpha value is -0.610. The molecule has 13 heavy (non-hydrogen) atoms. The second-order valence-electron chi connectivity index (χ2n) is 4.04. The van der Waals surface area contributed by atoms with Crippen LogP contribution in [0.2, 0.25) is 0 Å². The fourth-order valence-corrected chi connectivity index (χ4v) is 1.88. The molecule has 0 radical (unpaired) electrons. The lowest BCUT2D eigenvalue weighted by atomic mass is 9.78. The summed E-state index contributed by atoms with van der Waals surface area (Å²) in [4.78, 5) is 13.6. The summed E-state index contributed by atoms with van der Waals surface area (Å²) in [5.41, 5.74) is 5.38. The third kappa shape index (κ3) is 1.84. The molecule has 4 heteroatoms. The Balaban J connectivity index is 2.78. The monoisotopic (exact) mass is 186 g/mol. The number of hydrogen-bond donors (Lipinski definition) is 1. The van der Waals surface area contributed by atoms with Gasteiger partial charge in [0, 0.05) is 12.6 Å². The van der Waals surface area contributed by atoms with E-state index in [4.69, 9.17) is 10.5 Å². The van der Waals surface area contributed by atoms with E-state index in [2.05, 4.69) is 4.90 Å². The average Bonchev–Trinajstić information content (AvgIpc) is 2.10. The number of methoxy groups -OCH3 is 1. The van der Waals surface area contributed by atoms with Crippen molar-refractivity contribution in [3.05, 3.63) is 0 Å². The molecule has 0 bridgehead atoms. The smallest absolute Gasteiger partial charge is 0.314 e. The van der Waals surface area contributed by atoms with E-state index in [1.165, 1.54) is 7.11 Å². The van der Waals surface area contributed by atoms with Crippen LogP contribution < -0.4 is 5.73 Å². The minimum absolute atomic E-state index is 0.0869. The van der Waals surface area contributed by atoms with Crippen molar-refractivity contribution in [3.63, 3.8) is 0 Å². The fraction of sp³-hybridized carbons (Fsp3) is 0.889. The number of likely N-dealkylation sites (tertiary alicyclic amines) is 1. The predicted molar refractivity (Wildman–Crippen MR) is 50.2 cm³/mol. The van der Waals surface area contributed by atoms with Crippen LogP contribution in [0.5, 0.6) is 0 Å². The summed E-state index contributed by atoms with van der Waals surface area (Å²) in [7, 11) is 3.40. The second-order valence-corrected chi connectivity index (χ2v) is 4.04. The molecule has 1 saturated heterocycles. The predicted octanol–water partition coefficient (Wildman–Crippen LogP) is -0.171. The van der Waals surface area contributed by atoms with E-state index < -0.39 is 5.41 Å². The largest absolute Gasteiger partial charge is 0.469 e. The molecule has 0 amide bonds. The van der Waals surface area contributed by atoms with Crippen molar-refractivity contribution in [1.29, 1.82) is 0 Å². The second kappa shape index (κ2) is 3.64. The van der Waals surface area contributed by atoms with Gasteiger partial charge in [0.15, 0.2) is 0 Å². The Labute approximate surface area is 79.0 Å². The minimum Gasteiger partial charge on any atom is -0.469 e. The zero-order chi connectivity index (χ0) is 10.1. The summed E-state index contributed by atoms with van der Waals surface area (Å²) in [6.07, 6.45) is 0.849. The highest BCUT2D eigenvalue weighted by Crippen LogP contribution is 2.28. The van der Waals surface area contributed by atoms with Gasteiger partial charge in [-0.15, -0.1) is 0 Å². The first-order valence-corrected chi connectivity index (χ1v) is 4.53. The van der Waals surface area contributed by atoms with Gasteiger partial charge in [-0.2, -0.15) is 0 Å². The summed E-state index contributed by atoms with van der Waals surface area (Å²) >= 11 is 0. The zero-order valence-corrected chi connectivity index (χ0v) is 8.54. The number of nitrogens with two attached hydrogens (primary N) is 1. The first kappa shape index (κ1) is 10.5. The van der Waals surface area contributed by atoms with Crippen LogP contribution in [0.3, 0.4) is 0 Å². The molecule has 0 aliphatic carbocycles. The number of esters is 1. The van der Waals surface area contributed by atoms with E-state index in [0.717, 1.165) is 13.0 Å². The highest BCUT2D eigenvalue weighted by molar-refractivity contribution is 5.77. The van der Waals surface area contributed by atoms with Crippen LogP contribution in [0.4, 0.5) is 0 Å². The Morgan fingerprint density at radius 1 is 1.69 bits per heavy atom. The molecule has 0 spiro atoms. The van der Waals surface area contributed by atoms with E-state index in [0.29, 0.717) is 6.54 Å². The SMILES string of the molecule is COC(=O)C1(C)CN(C)CCC1N. The molecular weight excluding hydrogens is 168 g/mol. The molecule has 76 valence electrons. The van der Waals surface area contributed by atoms with Gasteiger partial charge in [0.05, 0.1) is 12.5 Å². The van der Waals surface area contributed by atoms with Gasteiger partial charge in [-0.05, 0) is 26.9 Å². The molecule has 2 atom stereocenters. The lowest BCUT2D eigenvalue weighted by Gasteiger charge is -2.41. The van der Waals surface area contributed by atoms with Gasteiger partial charge in [-0.1, -0.05) is 0 Å². The van der Waals surface area contributed by atoms with Crippen LogP contribution in [0.1, 0.15) is 13.3 Å². The summed E-state index contributed by atoms with van der Waals surface area (Å²) in [6, 6.07) is -0.0869. The molecule has 1 rings (SSSR count). The first-order valence-electron chi connectivity index (χ1n) is 4.53. The number of rotatable bonds is 1. The number of nitrogens with zero attached hydrogens (tertiary/aromatic N) is 1. The van der Waals surface area contributed by atoms with Crippen LogP contribution in [-0.2, 0) is 9.53 Å². The topological polar surface area (TPSA) is 55.6 Å². The third-order valence-corrected chi connectivity index (χ3v) is 2.89. The minimum atomic E-state index is -0.540. The maximum Gasteiger partial charge on any atom is 0.314 e. The van der Waals surface area contributed by atoms with E-state index in [9.17, 15) is 4.79 Å². The van der Waals surface area contributed by atoms with Crippen molar-refractivity contribution in [1.82, 2.24) is 4.90 Å². The molecule has 0 aromatic carbocycles. The number of ether oxygens (including phenoxy) is 1. The summed E-state index contributed by atoms with van der Waals surface area (Å²) in [6.45, 7) is 3.51. The molecular formula is C9H18N2O2. The fourth-order valence-electron chi connectivity index (χ4n) is 1.88. The number of hydrogen-bond acceptors (Lipinski definition) is 4. The molecule has 1 aliphatic heterocycles. The van der Waals surface area contributed by atoms with Gasteiger partial charge in [0.2, 0.25) is 0 Å². The molecule has 2 N–H and O–H groups in total. The van der Waals surface area contributed by atoms with Gasteiger partial charge in [-0.25, -0.2) is 0 Å². The normalized spacial score (nSPS) is 35.8. The molecule has 0 aromatic heterocycles. The first-order chi connectivity index (χ1) is 6.00. The lowest BCUT2D eigenvalue weighted by molar-refractivity contribution is -0.155. The molecule has 0 saturated carbocycles. The van der Waals surface area contributed by atoms with Crippen molar-refractivity contribution in [2.45, 2.75) is 19.4 Å². The van der Waals surface area contributed by atoms with Gasteiger partial charge in [-0.3, -0.25) is 4.79 Å². The van der Waals surface area contributed by atoms with Crippen molar-refractivity contribution >= 4 is 5.97 Å². The van der Waals surface area contributed by atoms with Gasteiger partial charge >= 0.3 is 5.97 Å². The lowest BCUT2D eigenvalue weighted by Crippen LogP contribution is -2.57. The zero-order valence-electron chi connectivity index (χ0n) is 8.54. The Bertz CT molecular complexity index is 208. The van der Waals surface area contributed by atoms with Crippen LogP contribution >= 0.6 is 0 Å². The Morgan fingerprint density at radius 2 is 2.31 bits per heavy atom. The molecule has 1 fully saturated rings. The molecule has 1 aliphatic rings. The number of piperidine rings is 1. The van der Waals surface area contributed by atoms with E-state index in [-0.39, 0.29) is 12.0 Å². The highest BCUT2D eigenvalue weighted by atomic mass is 16.5. The van der Waals surface area contributed by atoms with Crippen LogP contribution in [0.25, 0.3) is 0 Å². The Kier molecular flexibility index (Phi) is 2.93. The van der Waals surface area contributed by atoms with E-state index in [1.54, 1.807) is 0 Å². The van der Waals surface area contributed by atoms with Crippen LogP contribution in [0.15, 0.2) is 0 Å². The Morgan fingerprint density at radius 3 is 2.85 bits per heavy atom. The molecule has 2 unspecified atom stereocenters. The number of carbonyl (C=O) groups is 1. The quantitative estimate of drug-likeness (QED) is 0.578. The number of carbonyl (C=O) groups excluding carboxylic acids is 1. The molecule has 1 heterocycles. The van der Waals surface area contributed by atoms with Crippen LogP contribution in [-0.4, -0.2) is 44.2 Å². The molecule has 4 nitrogen and oxygen atoms in total. The van der Waals surface area contributed by atoms with Gasteiger partial charge in [0.25, 0.3) is 0 Å². The van der Waals surface area contributed by atoms with Crippen molar-refractivity contribution < 1.29 is 9.53 Å². The maximum absolute atomic E-state index is 11.5. The summed E-state index contributed by atoms with van der Waals surface area (Å²) in [5.74, 6) is -0.202. The summed E-state index contributed by atoms with van der Waals surface area (Å²) in [5, 5.41) is 0. The third-order valence-electron chi connectivity index (χ3n) is 2.89. The highest BCUT2D eigenvalue weighted by Gasteiger charge is 2.43. The maximum atomic E-state index is 11.5. The van der Waals surface area contributed by atoms with Crippen LogP contribution in [0, 0.1) is 5.41 Å². The standard InChI is InChI=1S/C9H18N2O2/c1-9(8(12)13-3)6-11(2)5-4-7(9)10/h7H,4-6,10H2,1-3H3.